The molecule has 16 heavy (non-hydrogen) atoms. The normalized spacial score (nSPS) is 21.5. The van der Waals surface area contributed by atoms with Crippen LogP contribution in [0.4, 0.5) is 0 Å². The van der Waals surface area contributed by atoms with Crippen molar-refractivity contribution < 1.29 is 14.3 Å². The minimum absolute atomic E-state index is 0.0540. The fourth-order valence-corrected chi connectivity index (χ4v) is 1.79. The molecule has 1 aliphatic heterocycles. The van der Waals surface area contributed by atoms with Crippen LogP contribution in [-0.2, 0) is 14.3 Å². The number of rotatable bonds is 4. The minimum Gasteiger partial charge on any atom is -0.465 e. The van der Waals surface area contributed by atoms with Gasteiger partial charge in [-0.3, -0.25) is 14.5 Å². The second-order valence-electron chi connectivity index (χ2n) is 3.79. The molecule has 1 rings (SSSR count). The summed E-state index contributed by atoms with van der Waals surface area (Å²) in [5.74, 6) is 1.53. The van der Waals surface area contributed by atoms with E-state index in [1.54, 1.807) is 6.92 Å². The van der Waals surface area contributed by atoms with Crippen LogP contribution in [-0.4, -0.2) is 42.9 Å². The Labute approximate surface area is 95.9 Å². The summed E-state index contributed by atoms with van der Waals surface area (Å²) in [6.07, 6.45) is 6.34. The average molecular weight is 223 g/mol. The second-order valence-corrected chi connectivity index (χ2v) is 3.79. The van der Waals surface area contributed by atoms with E-state index in [1.165, 1.54) is 0 Å². The number of piperidine rings is 1. The number of Topliss-reactive ketones (excluding diaryl/α,β-unsaturated/α-hetero) is 1. The fraction of sp³-hybridized carbons (Fsp3) is 0.667. The highest BCUT2D eigenvalue weighted by atomic mass is 16.5. The van der Waals surface area contributed by atoms with Gasteiger partial charge in [-0.1, -0.05) is 0 Å². The number of hydrogen-bond acceptors (Lipinski definition) is 4. The molecule has 88 valence electrons. The van der Waals surface area contributed by atoms with Crippen molar-refractivity contribution in [3.05, 3.63) is 0 Å². The second kappa shape index (κ2) is 6.29. The van der Waals surface area contributed by atoms with Gasteiger partial charge in [0.1, 0.15) is 5.92 Å². The predicted molar refractivity (Wildman–Crippen MR) is 59.6 cm³/mol. The van der Waals surface area contributed by atoms with Gasteiger partial charge in [-0.15, -0.1) is 12.3 Å². The highest BCUT2D eigenvalue weighted by molar-refractivity contribution is 6.00. The molecule has 1 aliphatic rings. The quantitative estimate of drug-likeness (QED) is 0.395. The molecule has 0 bridgehead atoms. The zero-order valence-electron chi connectivity index (χ0n) is 9.57. The lowest BCUT2D eigenvalue weighted by molar-refractivity contribution is -0.153. The molecule has 4 nitrogen and oxygen atoms in total. The molecule has 1 atom stereocenters. The van der Waals surface area contributed by atoms with Gasteiger partial charge in [0, 0.05) is 13.0 Å². The highest BCUT2D eigenvalue weighted by Crippen LogP contribution is 2.15. The Hall–Kier alpha value is -1.34. The van der Waals surface area contributed by atoms with E-state index in [0.29, 0.717) is 26.0 Å². The third-order valence-electron chi connectivity index (χ3n) is 2.65. The molecule has 0 aromatic heterocycles. The molecule has 0 spiro atoms. The summed E-state index contributed by atoms with van der Waals surface area (Å²) in [4.78, 5) is 25.1. The summed E-state index contributed by atoms with van der Waals surface area (Å²) in [5, 5.41) is 0. The summed E-state index contributed by atoms with van der Waals surface area (Å²) in [6.45, 7) is 3.83. The predicted octanol–water partition coefficient (Wildman–Crippen LogP) is 0.464. The Balaban J connectivity index is 2.43. The molecule has 0 N–H and O–H groups in total. The highest BCUT2D eigenvalue weighted by Gasteiger charge is 2.32. The van der Waals surface area contributed by atoms with E-state index in [2.05, 4.69) is 5.92 Å². The van der Waals surface area contributed by atoms with Crippen molar-refractivity contribution in [3.8, 4) is 12.3 Å². The van der Waals surface area contributed by atoms with Gasteiger partial charge < -0.3 is 4.74 Å². The zero-order chi connectivity index (χ0) is 12.0. The van der Waals surface area contributed by atoms with Gasteiger partial charge in [0.25, 0.3) is 0 Å². The summed E-state index contributed by atoms with van der Waals surface area (Å²) in [6, 6.07) is 0. The number of hydrogen-bond donors (Lipinski definition) is 0. The first-order valence-electron chi connectivity index (χ1n) is 5.54. The van der Waals surface area contributed by atoms with E-state index in [1.807, 2.05) is 4.90 Å². The van der Waals surface area contributed by atoms with E-state index >= 15 is 0 Å². The van der Waals surface area contributed by atoms with Crippen molar-refractivity contribution in [1.29, 1.82) is 0 Å². The maximum Gasteiger partial charge on any atom is 0.316 e. The molecule has 4 heteroatoms. The topological polar surface area (TPSA) is 46.6 Å². The first kappa shape index (κ1) is 12.7. The van der Waals surface area contributed by atoms with E-state index in [4.69, 9.17) is 11.2 Å². The third kappa shape index (κ3) is 3.35. The van der Waals surface area contributed by atoms with Crippen LogP contribution in [0, 0.1) is 18.3 Å². The number of ether oxygens (including phenoxy) is 1. The Morgan fingerprint density at radius 2 is 2.44 bits per heavy atom. The smallest absolute Gasteiger partial charge is 0.316 e. The monoisotopic (exact) mass is 223 g/mol. The number of carbonyl (C=O) groups excluding carboxylic acids is 2. The summed E-state index contributed by atoms with van der Waals surface area (Å²) in [7, 11) is 0. The largest absolute Gasteiger partial charge is 0.465 e. The zero-order valence-corrected chi connectivity index (χ0v) is 9.57. The maximum absolute atomic E-state index is 11.7. The van der Waals surface area contributed by atoms with Gasteiger partial charge in [0.2, 0.25) is 0 Å². The van der Waals surface area contributed by atoms with Crippen LogP contribution in [0.3, 0.4) is 0 Å². The average Bonchev–Trinajstić information content (AvgIpc) is 2.26. The number of esters is 1. The van der Waals surface area contributed by atoms with Crippen LogP contribution in [0.2, 0.25) is 0 Å². The van der Waals surface area contributed by atoms with Gasteiger partial charge in [-0.25, -0.2) is 0 Å². The Bertz CT molecular complexity index is 306. The molecule has 1 saturated heterocycles. The van der Waals surface area contributed by atoms with Crippen LogP contribution >= 0.6 is 0 Å². The van der Waals surface area contributed by atoms with Crippen LogP contribution < -0.4 is 0 Å². The molecule has 0 aromatic carbocycles. The van der Waals surface area contributed by atoms with E-state index in [0.717, 1.165) is 13.1 Å². The molecule has 0 amide bonds. The van der Waals surface area contributed by atoms with Gasteiger partial charge in [-0.2, -0.15) is 0 Å². The van der Waals surface area contributed by atoms with Crippen molar-refractivity contribution >= 4 is 11.8 Å². The Morgan fingerprint density at radius 3 is 3.00 bits per heavy atom. The van der Waals surface area contributed by atoms with E-state index in [9.17, 15) is 9.59 Å². The standard InChI is InChI=1S/C12H17NO3/c1-3-5-7-13-8-6-10(11(14)9-13)12(15)16-4-2/h1,10H,4-9H2,2H3. The number of nitrogens with zero attached hydrogens (tertiary/aromatic N) is 1. The molecule has 0 aliphatic carbocycles. The van der Waals surface area contributed by atoms with Crippen LogP contribution in [0.1, 0.15) is 19.8 Å². The summed E-state index contributed by atoms with van der Waals surface area (Å²) < 4.78 is 4.86. The molecule has 0 saturated carbocycles. The van der Waals surface area contributed by atoms with Gasteiger partial charge in [0.15, 0.2) is 5.78 Å². The number of terminal acetylenes is 1. The number of likely N-dealkylation sites (tertiary alicyclic amines) is 1. The van der Waals surface area contributed by atoms with Gasteiger partial charge >= 0.3 is 5.97 Å². The minimum atomic E-state index is -0.568. The summed E-state index contributed by atoms with van der Waals surface area (Å²) >= 11 is 0. The lowest BCUT2D eigenvalue weighted by Gasteiger charge is -2.29. The van der Waals surface area contributed by atoms with Crippen LogP contribution in [0.25, 0.3) is 0 Å². The van der Waals surface area contributed by atoms with Crippen LogP contribution in [0.5, 0.6) is 0 Å². The first-order valence-corrected chi connectivity index (χ1v) is 5.54. The molecule has 0 radical (unpaired) electrons. The maximum atomic E-state index is 11.7. The Morgan fingerprint density at radius 1 is 1.69 bits per heavy atom. The molecule has 1 fully saturated rings. The van der Waals surface area contributed by atoms with Crippen molar-refractivity contribution in [3.63, 3.8) is 0 Å². The Kier molecular flexibility index (Phi) is 5.00. The van der Waals surface area contributed by atoms with Crippen molar-refractivity contribution in [2.45, 2.75) is 19.8 Å². The van der Waals surface area contributed by atoms with Crippen LogP contribution in [0.15, 0.2) is 0 Å². The molecule has 0 aromatic rings. The van der Waals surface area contributed by atoms with Crippen molar-refractivity contribution in [2.75, 3.05) is 26.2 Å². The van der Waals surface area contributed by atoms with E-state index in [-0.39, 0.29) is 11.8 Å². The fourth-order valence-electron chi connectivity index (χ4n) is 1.79. The lowest BCUT2D eigenvalue weighted by atomic mass is 9.95. The lowest BCUT2D eigenvalue weighted by Crippen LogP contribution is -2.44. The molecule has 1 unspecified atom stereocenters. The van der Waals surface area contributed by atoms with Gasteiger partial charge in [-0.05, 0) is 19.9 Å². The van der Waals surface area contributed by atoms with Crippen molar-refractivity contribution in [1.82, 2.24) is 4.90 Å². The third-order valence-corrected chi connectivity index (χ3v) is 2.65. The number of carbonyl (C=O) groups is 2. The first-order chi connectivity index (χ1) is 7.69. The van der Waals surface area contributed by atoms with Gasteiger partial charge in [0.05, 0.1) is 13.2 Å². The van der Waals surface area contributed by atoms with Crippen molar-refractivity contribution in [2.24, 2.45) is 5.92 Å². The molecular formula is C12H17NO3. The SMILES string of the molecule is C#CCCN1CCC(C(=O)OCC)C(=O)C1. The summed E-state index contributed by atoms with van der Waals surface area (Å²) in [5.41, 5.74) is 0. The molecular weight excluding hydrogens is 206 g/mol. The number of ketones is 1. The molecule has 1 heterocycles. The van der Waals surface area contributed by atoms with E-state index < -0.39 is 5.92 Å².